The van der Waals surface area contributed by atoms with Crippen molar-refractivity contribution in [2.45, 2.75) is 6.10 Å². The first-order valence-electron chi connectivity index (χ1n) is 6.11. The molecular formula is C14H16FN3O2. The van der Waals surface area contributed by atoms with E-state index in [0.29, 0.717) is 12.5 Å². The highest BCUT2D eigenvalue weighted by Gasteiger charge is 2.15. The van der Waals surface area contributed by atoms with Crippen LogP contribution in [-0.2, 0) is 4.74 Å². The summed E-state index contributed by atoms with van der Waals surface area (Å²) in [5.41, 5.74) is 0.923. The minimum Gasteiger partial charge on any atom is -0.496 e. The van der Waals surface area contributed by atoms with E-state index >= 15 is 0 Å². The van der Waals surface area contributed by atoms with E-state index in [2.05, 4.69) is 15.3 Å². The van der Waals surface area contributed by atoms with Crippen molar-refractivity contribution in [3.8, 4) is 5.75 Å². The maximum atomic E-state index is 12.7. The van der Waals surface area contributed by atoms with Crippen molar-refractivity contribution in [2.24, 2.45) is 0 Å². The molecule has 1 aromatic carbocycles. The predicted molar refractivity (Wildman–Crippen MR) is 73.2 cm³/mol. The average Bonchev–Trinajstić information content (AvgIpc) is 2.50. The summed E-state index contributed by atoms with van der Waals surface area (Å²) in [4.78, 5) is 7.67. The van der Waals surface area contributed by atoms with Crippen LogP contribution in [0.4, 0.5) is 10.3 Å². The van der Waals surface area contributed by atoms with Crippen molar-refractivity contribution in [1.29, 1.82) is 0 Å². The highest BCUT2D eigenvalue weighted by atomic mass is 19.1. The van der Waals surface area contributed by atoms with Gasteiger partial charge in [-0.2, -0.15) is 0 Å². The maximum Gasteiger partial charge on any atom is 0.222 e. The predicted octanol–water partition coefficient (Wildman–Crippen LogP) is 2.42. The Labute approximate surface area is 116 Å². The van der Waals surface area contributed by atoms with Gasteiger partial charge in [0.1, 0.15) is 11.9 Å². The molecule has 0 radical (unpaired) electrons. The molecule has 1 atom stereocenters. The third-order valence-corrected chi connectivity index (χ3v) is 2.84. The van der Waals surface area contributed by atoms with Crippen molar-refractivity contribution in [3.05, 3.63) is 48.0 Å². The van der Waals surface area contributed by atoms with E-state index in [9.17, 15) is 4.39 Å². The molecule has 0 saturated heterocycles. The molecule has 5 nitrogen and oxygen atoms in total. The fourth-order valence-corrected chi connectivity index (χ4v) is 1.84. The van der Waals surface area contributed by atoms with E-state index in [0.717, 1.165) is 23.7 Å². The Balaban J connectivity index is 2.07. The second-order valence-corrected chi connectivity index (χ2v) is 4.07. The minimum absolute atomic E-state index is 0.222. The first-order chi connectivity index (χ1) is 9.74. The van der Waals surface area contributed by atoms with E-state index in [4.69, 9.17) is 9.47 Å². The molecule has 0 fully saturated rings. The molecule has 0 bridgehead atoms. The van der Waals surface area contributed by atoms with Crippen molar-refractivity contribution >= 4 is 5.95 Å². The third-order valence-electron chi connectivity index (χ3n) is 2.84. The lowest BCUT2D eigenvalue weighted by Gasteiger charge is -2.18. The molecule has 1 aromatic heterocycles. The van der Waals surface area contributed by atoms with Crippen molar-refractivity contribution in [3.63, 3.8) is 0 Å². The van der Waals surface area contributed by atoms with Crippen LogP contribution >= 0.6 is 0 Å². The van der Waals surface area contributed by atoms with E-state index in [1.54, 1.807) is 14.2 Å². The normalized spacial score (nSPS) is 11.9. The van der Waals surface area contributed by atoms with Gasteiger partial charge >= 0.3 is 0 Å². The number of hydrogen-bond acceptors (Lipinski definition) is 5. The Hall–Kier alpha value is -2.21. The Kier molecular flexibility index (Phi) is 4.84. The molecule has 0 saturated carbocycles. The van der Waals surface area contributed by atoms with Crippen LogP contribution in [0.25, 0.3) is 0 Å². The number of benzene rings is 1. The monoisotopic (exact) mass is 277 g/mol. The molecule has 1 unspecified atom stereocenters. The van der Waals surface area contributed by atoms with Crippen molar-refractivity contribution in [2.75, 3.05) is 26.1 Å². The summed E-state index contributed by atoms with van der Waals surface area (Å²) in [6.45, 7) is 0.447. The third kappa shape index (κ3) is 3.42. The van der Waals surface area contributed by atoms with Gasteiger partial charge in [-0.1, -0.05) is 18.2 Å². The van der Waals surface area contributed by atoms with E-state index in [-0.39, 0.29) is 6.10 Å². The average molecular weight is 277 g/mol. The number of para-hydroxylation sites is 1. The van der Waals surface area contributed by atoms with Gasteiger partial charge in [0.15, 0.2) is 5.82 Å². The lowest BCUT2D eigenvalue weighted by molar-refractivity contribution is 0.111. The van der Waals surface area contributed by atoms with Crippen LogP contribution in [0.1, 0.15) is 11.7 Å². The van der Waals surface area contributed by atoms with Crippen LogP contribution in [0, 0.1) is 5.82 Å². The zero-order chi connectivity index (χ0) is 14.4. The lowest BCUT2D eigenvalue weighted by Crippen LogP contribution is -2.16. The summed E-state index contributed by atoms with van der Waals surface area (Å²) in [6, 6.07) is 7.61. The van der Waals surface area contributed by atoms with Gasteiger partial charge in [-0.05, 0) is 6.07 Å². The number of hydrogen-bond donors (Lipinski definition) is 1. The second kappa shape index (κ2) is 6.81. The topological polar surface area (TPSA) is 56.3 Å². The zero-order valence-electron chi connectivity index (χ0n) is 11.3. The molecule has 0 amide bonds. The molecular weight excluding hydrogens is 261 g/mol. The molecule has 2 rings (SSSR count). The first kappa shape index (κ1) is 14.2. The largest absolute Gasteiger partial charge is 0.496 e. The van der Waals surface area contributed by atoms with E-state index in [1.165, 1.54) is 0 Å². The fourth-order valence-electron chi connectivity index (χ4n) is 1.84. The van der Waals surface area contributed by atoms with Crippen molar-refractivity contribution in [1.82, 2.24) is 9.97 Å². The molecule has 6 heteroatoms. The van der Waals surface area contributed by atoms with Crippen LogP contribution in [-0.4, -0.2) is 30.7 Å². The summed E-state index contributed by atoms with van der Waals surface area (Å²) in [7, 11) is 3.23. The quantitative estimate of drug-likeness (QED) is 0.878. The van der Waals surface area contributed by atoms with E-state index in [1.807, 2.05) is 24.3 Å². The number of halogens is 1. The highest BCUT2D eigenvalue weighted by Crippen LogP contribution is 2.26. The van der Waals surface area contributed by atoms with E-state index < -0.39 is 5.82 Å². The van der Waals surface area contributed by atoms with Gasteiger partial charge in [-0.3, -0.25) is 0 Å². The standard InChI is InChI=1S/C14H16FN3O2/c1-19-12-6-4-3-5-11(12)13(20-2)9-18-14-16-7-10(15)8-17-14/h3-8,13H,9H2,1-2H3,(H,16,17,18). The van der Waals surface area contributed by atoms with Gasteiger partial charge in [0.2, 0.25) is 5.95 Å². The SMILES string of the molecule is COc1ccccc1C(CNc1ncc(F)cn1)OC. The molecule has 1 N–H and O–H groups in total. The number of aromatic nitrogens is 2. The summed E-state index contributed by atoms with van der Waals surface area (Å²) < 4.78 is 23.5. The molecule has 0 aliphatic carbocycles. The molecule has 2 aromatic rings. The number of nitrogens with zero attached hydrogens (tertiary/aromatic N) is 2. The second-order valence-electron chi connectivity index (χ2n) is 4.07. The number of ether oxygens (including phenoxy) is 2. The number of anilines is 1. The molecule has 0 aliphatic rings. The van der Waals surface area contributed by atoms with Gasteiger partial charge in [-0.15, -0.1) is 0 Å². The number of nitrogens with one attached hydrogen (secondary N) is 1. The highest BCUT2D eigenvalue weighted by molar-refractivity contribution is 5.36. The van der Waals surface area contributed by atoms with Crippen LogP contribution < -0.4 is 10.1 Å². The molecule has 1 heterocycles. The Bertz CT molecular complexity index is 548. The molecule has 106 valence electrons. The summed E-state index contributed by atoms with van der Waals surface area (Å²) in [5, 5.41) is 3.00. The summed E-state index contributed by atoms with van der Waals surface area (Å²) >= 11 is 0. The number of methoxy groups -OCH3 is 2. The molecule has 20 heavy (non-hydrogen) atoms. The van der Waals surface area contributed by atoms with Gasteiger partial charge in [-0.25, -0.2) is 14.4 Å². The Morgan fingerprint density at radius 1 is 1.20 bits per heavy atom. The smallest absolute Gasteiger partial charge is 0.222 e. The van der Waals surface area contributed by atoms with Gasteiger partial charge < -0.3 is 14.8 Å². The fraction of sp³-hybridized carbons (Fsp3) is 0.286. The molecule has 0 aliphatic heterocycles. The maximum absolute atomic E-state index is 12.7. The van der Waals surface area contributed by atoms with Crippen LogP contribution in [0.5, 0.6) is 5.75 Å². The Morgan fingerprint density at radius 3 is 2.55 bits per heavy atom. The van der Waals surface area contributed by atoms with Gasteiger partial charge in [0, 0.05) is 19.2 Å². The number of rotatable bonds is 6. The van der Waals surface area contributed by atoms with Gasteiger partial charge in [0.25, 0.3) is 0 Å². The zero-order valence-corrected chi connectivity index (χ0v) is 11.3. The lowest BCUT2D eigenvalue weighted by atomic mass is 10.1. The van der Waals surface area contributed by atoms with Crippen LogP contribution in [0.3, 0.4) is 0 Å². The van der Waals surface area contributed by atoms with Crippen LogP contribution in [0.15, 0.2) is 36.7 Å². The van der Waals surface area contributed by atoms with Gasteiger partial charge in [0.05, 0.1) is 19.5 Å². The first-order valence-corrected chi connectivity index (χ1v) is 6.11. The Morgan fingerprint density at radius 2 is 1.90 bits per heavy atom. The summed E-state index contributed by atoms with van der Waals surface area (Å²) in [6.07, 6.45) is 2.00. The minimum atomic E-state index is -0.469. The van der Waals surface area contributed by atoms with Crippen molar-refractivity contribution < 1.29 is 13.9 Å². The van der Waals surface area contributed by atoms with Crippen LogP contribution in [0.2, 0.25) is 0 Å². The summed E-state index contributed by atoms with van der Waals surface area (Å²) in [5.74, 6) is 0.632. The molecule has 0 spiro atoms.